The maximum atomic E-state index is 8.73. The minimum atomic E-state index is -0.165. The highest BCUT2D eigenvalue weighted by Gasteiger charge is 2.32. The smallest absolute Gasteiger partial charge is 0.118 e. The standard InChI is InChI=1S/C17H22N4O2/c1-3-4-5-10-23-17-13-21(12-16(17)19-20-18)11-14-6-8-15(22-2)9-7-14/h6-9,16-17H,3,10-13H2,1-2H3/t16-,17?/m1/s1. The fourth-order valence-corrected chi connectivity index (χ4v) is 2.62. The SMILES string of the molecule is CCC#CCOC1CN(Cc2ccc(OC)cc2)C[C@H]1N=[N+]=[N-]. The Bertz CT molecular complexity index is 599. The summed E-state index contributed by atoms with van der Waals surface area (Å²) in [4.78, 5) is 5.18. The molecular weight excluding hydrogens is 292 g/mol. The molecule has 1 aromatic rings. The average molecular weight is 314 g/mol. The van der Waals surface area contributed by atoms with Crippen molar-refractivity contribution in [3.8, 4) is 17.6 Å². The number of benzene rings is 1. The lowest BCUT2D eigenvalue weighted by Crippen LogP contribution is -2.25. The number of nitrogens with zero attached hydrogens (tertiary/aromatic N) is 4. The Labute approximate surface area is 137 Å². The van der Waals surface area contributed by atoms with Crippen LogP contribution in [-0.2, 0) is 11.3 Å². The highest BCUT2D eigenvalue weighted by Crippen LogP contribution is 2.20. The lowest BCUT2D eigenvalue weighted by Gasteiger charge is -2.16. The fraction of sp³-hybridized carbons (Fsp3) is 0.529. The van der Waals surface area contributed by atoms with Crippen LogP contribution in [0.4, 0.5) is 0 Å². The number of hydrogen-bond acceptors (Lipinski definition) is 4. The number of azide groups is 1. The van der Waals surface area contributed by atoms with Gasteiger partial charge in [0.1, 0.15) is 12.4 Å². The molecule has 1 aliphatic rings. The molecule has 23 heavy (non-hydrogen) atoms. The molecule has 0 amide bonds. The first-order valence-corrected chi connectivity index (χ1v) is 7.73. The molecule has 122 valence electrons. The summed E-state index contributed by atoms with van der Waals surface area (Å²) in [5.74, 6) is 6.78. The van der Waals surface area contributed by atoms with Crippen LogP contribution in [0.25, 0.3) is 10.4 Å². The van der Waals surface area contributed by atoms with Crippen molar-refractivity contribution in [3.05, 3.63) is 40.3 Å². The Morgan fingerprint density at radius 3 is 2.74 bits per heavy atom. The van der Waals surface area contributed by atoms with E-state index in [9.17, 15) is 0 Å². The fourth-order valence-electron chi connectivity index (χ4n) is 2.62. The van der Waals surface area contributed by atoms with Gasteiger partial charge >= 0.3 is 0 Å². The maximum absolute atomic E-state index is 8.73. The van der Waals surface area contributed by atoms with Crippen molar-refractivity contribution in [1.29, 1.82) is 0 Å². The Kier molecular flexibility index (Phi) is 6.76. The van der Waals surface area contributed by atoms with E-state index in [1.54, 1.807) is 7.11 Å². The molecule has 2 atom stereocenters. The second-order valence-corrected chi connectivity index (χ2v) is 5.37. The molecule has 2 rings (SSSR count). The van der Waals surface area contributed by atoms with E-state index < -0.39 is 0 Å². The van der Waals surface area contributed by atoms with E-state index in [1.807, 2.05) is 31.2 Å². The molecule has 6 nitrogen and oxygen atoms in total. The minimum Gasteiger partial charge on any atom is -0.497 e. The van der Waals surface area contributed by atoms with Crippen molar-refractivity contribution < 1.29 is 9.47 Å². The quantitative estimate of drug-likeness (QED) is 0.351. The normalized spacial score (nSPS) is 20.4. The van der Waals surface area contributed by atoms with Crippen LogP contribution in [0.3, 0.4) is 0 Å². The molecule has 1 aliphatic heterocycles. The predicted octanol–water partition coefficient (Wildman–Crippen LogP) is 2.99. The number of ether oxygens (including phenoxy) is 2. The van der Waals surface area contributed by atoms with E-state index in [4.69, 9.17) is 15.0 Å². The summed E-state index contributed by atoms with van der Waals surface area (Å²) < 4.78 is 10.9. The summed E-state index contributed by atoms with van der Waals surface area (Å²) in [6, 6.07) is 7.82. The van der Waals surface area contributed by atoms with Gasteiger partial charge in [0.2, 0.25) is 0 Å². The predicted molar refractivity (Wildman–Crippen MR) is 89.0 cm³/mol. The largest absolute Gasteiger partial charge is 0.497 e. The van der Waals surface area contributed by atoms with Crippen molar-refractivity contribution in [2.45, 2.75) is 32.0 Å². The van der Waals surface area contributed by atoms with Crippen LogP contribution in [0.15, 0.2) is 29.4 Å². The van der Waals surface area contributed by atoms with Gasteiger partial charge in [-0.05, 0) is 23.2 Å². The third-order valence-electron chi connectivity index (χ3n) is 3.75. The van der Waals surface area contributed by atoms with Crippen LogP contribution in [0.5, 0.6) is 5.75 Å². The number of likely N-dealkylation sites (tertiary alicyclic amines) is 1. The van der Waals surface area contributed by atoms with Gasteiger partial charge in [0.25, 0.3) is 0 Å². The van der Waals surface area contributed by atoms with E-state index in [0.717, 1.165) is 25.3 Å². The monoisotopic (exact) mass is 314 g/mol. The lowest BCUT2D eigenvalue weighted by atomic mass is 10.2. The molecule has 1 fully saturated rings. The van der Waals surface area contributed by atoms with Crippen LogP contribution < -0.4 is 4.74 Å². The van der Waals surface area contributed by atoms with E-state index in [0.29, 0.717) is 13.2 Å². The van der Waals surface area contributed by atoms with Gasteiger partial charge in [0.15, 0.2) is 0 Å². The molecule has 0 saturated carbocycles. The summed E-state index contributed by atoms with van der Waals surface area (Å²) in [6.45, 7) is 4.61. The van der Waals surface area contributed by atoms with Gasteiger partial charge in [0.05, 0.1) is 19.3 Å². The summed E-state index contributed by atoms with van der Waals surface area (Å²) in [5.41, 5.74) is 9.92. The van der Waals surface area contributed by atoms with Crippen LogP contribution >= 0.6 is 0 Å². The molecule has 1 aromatic carbocycles. The minimum absolute atomic E-state index is 0.102. The Morgan fingerprint density at radius 2 is 2.09 bits per heavy atom. The average Bonchev–Trinajstić information content (AvgIpc) is 2.94. The zero-order chi connectivity index (χ0) is 16.5. The molecule has 1 heterocycles. The van der Waals surface area contributed by atoms with Gasteiger partial charge in [-0.25, -0.2) is 0 Å². The number of hydrogen-bond donors (Lipinski definition) is 0. The van der Waals surface area contributed by atoms with Crippen molar-refractivity contribution in [2.75, 3.05) is 26.8 Å². The molecule has 0 spiro atoms. The summed E-state index contributed by atoms with van der Waals surface area (Å²) >= 11 is 0. The molecule has 0 aromatic heterocycles. The summed E-state index contributed by atoms with van der Waals surface area (Å²) in [5, 5.41) is 3.87. The Balaban J connectivity index is 1.93. The first-order valence-electron chi connectivity index (χ1n) is 7.73. The summed E-state index contributed by atoms with van der Waals surface area (Å²) in [6.07, 6.45) is 0.715. The molecule has 0 radical (unpaired) electrons. The topological polar surface area (TPSA) is 70.5 Å². The van der Waals surface area contributed by atoms with Crippen molar-refractivity contribution in [3.63, 3.8) is 0 Å². The van der Waals surface area contributed by atoms with E-state index in [-0.39, 0.29) is 12.1 Å². The van der Waals surface area contributed by atoms with Gasteiger partial charge in [-0.2, -0.15) is 0 Å². The Hall–Kier alpha value is -2.19. The van der Waals surface area contributed by atoms with Crippen molar-refractivity contribution in [1.82, 2.24) is 4.90 Å². The molecule has 0 bridgehead atoms. The van der Waals surface area contributed by atoms with Gasteiger partial charge in [-0.3, -0.25) is 4.90 Å². The van der Waals surface area contributed by atoms with Crippen LogP contribution in [0.2, 0.25) is 0 Å². The molecule has 6 heteroatoms. The summed E-state index contributed by atoms with van der Waals surface area (Å²) in [7, 11) is 1.66. The second kappa shape index (κ2) is 9.06. The Morgan fingerprint density at radius 1 is 1.30 bits per heavy atom. The van der Waals surface area contributed by atoms with E-state index >= 15 is 0 Å². The maximum Gasteiger partial charge on any atom is 0.118 e. The van der Waals surface area contributed by atoms with Gasteiger partial charge in [-0.1, -0.05) is 30.1 Å². The van der Waals surface area contributed by atoms with Crippen molar-refractivity contribution >= 4 is 0 Å². The molecule has 1 saturated heterocycles. The first-order chi connectivity index (χ1) is 11.3. The second-order valence-electron chi connectivity index (χ2n) is 5.37. The first kappa shape index (κ1) is 17.2. The highest BCUT2D eigenvalue weighted by molar-refractivity contribution is 5.27. The zero-order valence-electron chi connectivity index (χ0n) is 13.6. The van der Waals surface area contributed by atoms with Gasteiger partial charge in [0, 0.05) is 31.0 Å². The number of methoxy groups -OCH3 is 1. The van der Waals surface area contributed by atoms with Crippen molar-refractivity contribution in [2.24, 2.45) is 5.11 Å². The van der Waals surface area contributed by atoms with E-state index in [1.165, 1.54) is 5.56 Å². The van der Waals surface area contributed by atoms with Crippen LogP contribution in [0.1, 0.15) is 18.9 Å². The highest BCUT2D eigenvalue weighted by atomic mass is 16.5. The zero-order valence-corrected chi connectivity index (χ0v) is 13.6. The van der Waals surface area contributed by atoms with Gasteiger partial charge in [-0.15, -0.1) is 5.92 Å². The van der Waals surface area contributed by atoms with Gasteiger partial charge < -0.3 is 9.47 Å². The molecule has 1 unspecified atom stereocenters. The number of rotatable bonds is 6. The van der Waals surface area contributed by atoms with Crippen LogP contribution in [0, 0.1) is 11.8 Å². The molecule has 0 N–H and O–H groups in total. The molecular formula is C17H22N4O2. The van der Waals surface area contributed by atoms with E-state index in [2.05, 4.69) is 26.8 Å². The molecule has 0 aliphatic carbocycles. The third-order valence-corrected chi connectivity index (χ3v) is 3.75. The van der Waals surface area contributed by atoms with Crippen LogP contribution in [-0.4, -0.2) is 43.9 Å². The third kappa shape index (κ3) is 5.19. The lowest BCUT2D eigenvalue weighted by molar-refractivity contribution is 0.0742.